The topological polar surface area (TPSA) is 70.3 Å². The predicted octanol–water partition coefficient (Wildman–Crippen LogP) is 0.569. The standard InChI is InChI=1S/C15H21N3O2/c19-7-6-18-11-14(10-17-18)9-16-15(12-20)8-13-4-2-1-3-5-13/h1-5,10-11,15-16,19-20H,6-9,12H2. The van der Waals surface area contributed by atoms with E-state index in [1.807, 2.05) is 24.4 Å². The van der Waals surface area contributed by atoms with E-state index in [1.54, 1.807) is 10.9 Å². The number of aliphatic hydroxyl groups excluding tert-OH is 2. The molecule has 0 saturated heterocycles. The highest BCUT2D eigenvalue weighted by molar-refractivity contribution is 5.16. The lowest BCUT2D eigenvalue weighted by Crippen LogP contribution is -2.33. The van der Waals surface area contributed by atoms with Crippen LogP contribution in [0.25, 0.3) is 0 Å². The van der Waals surface area contributed by atoms with Gasteiger partial charge in [0.15, 0.2) is 0 Å². The van der Waals surface area contributed by atoms with Gasteiger partial charge in [-0.2, -0.15) is 5.10 Å². The van der Waals surface area contributed by atoms with Gasteiger partial charge < -0.3 is 15.5 Å². The second kappa shape index (κ2) is 7.79. The van der Waals surface area contributed by atoms with Gasteiger partial charge in [0.1, 0.15) is 0 Å². The highest BCUT2D eigenvalue weighted by atomic mass is 16.3. The fourth-order valence-corrected chi connectivity index (χ4v) is 2.08. The number of hydrogen-bond acceptors (Lipinski definition) is 4. The van der Waals surface area contributed by atoms with Crippen molar-refractivity contribution in [1.82, 2.24) is 15.1 Å². The average Bonchev–Trinajstić information content (AvgIpc) is 2.92. The molecule has 0 bridgehead atoms. The predicted molar refractivity (Wildman–Crippen MR) is 77.2 cm³/mol. The van der Waals surface area contributed by atoms with Crippen LogP contribution in [0.15, 0.2) is 42.7 Å². The summed E-state index contributed by atoms with van der Waals surface area (Å²) < 4.78 is 1.71. The zero-order valence-corrected chi connectivity index (χ0v) is 11.4. The van der Waals surface area contributed by atoms with Crippen molar-refractivity contribution in [2.75, 3.05) is 13.2 Å². The first-order valence-corrected chi connectivity index (χ1v) is 6.82. The van der Waals surface area contributed by atoms with E-state index in [4.69, 9.17) is 5.11 Å². The molecule has 5 heteroatoms. The summed E-state index contributed by atoms with van der Waals surface area (Å²) in [5.74, 6) is 0. The molecule has 0 aliphatic rings. The van der Waals surface area contributed by atoms with Crippen molar-refractivity contribution in [3.8, 4) is 0 Å². The van der Waals surface area contributed by atoms with Crippen LogP contribution in [0.3, 0.4) is 0 Å². The molecule has 1 unspecified atom stereocenters. The van der Waals surface area contributed by atoms with Crippen LogP contribution in [0, 0.1) is 0 Å². The lowest BCUT2D eigenvalue weighted by atomic mass is 10.1. The van der Waals surface area contributed by atoms with Crippen LogP contribution in [0.4, 0.5) is 0 Å². The zero-order valence-electron chi connectivity index (χ0n) is 11.4. The van der Waals surface area contributed by atoms with Crippen molar-refractivity contribution in [1.29, 1.82) is 0 Å². The molecular formula is C15H21N3O2. The molecule has 3 N–H and O–H groups in total. The van der Waals surface area contributed by atoms with Crippen molar-refractivity contribution in [3.05, 3.63) is 53.9 Å². The summed E-state index contributed by atoms with van der Waals surface area (Å²) in [5.41, 5.74) is 2.25. The number of aromatic nitrogens is 2. The average molecular weight is 275 g/mol. The third-order valence-corrected chi connectivity index (χ3v) is 3.16. The van der Waals surface area contributed by atoms with Gasteiger partial charge in [-0.05, 0) is 12.0 Å². The van der Waals surface area contributed by atoms with Crippen LogP contribution < -0.4 is 5.32 Å². The van der Waals surface area contributed by atoms with Gasteiger partial charge in [-0.15, -0.1) is 0 Å². The summed E-state index contributed by atoms with van der Waals surface area (Å²) in [4.78, 5) is 0. The Morgan fingerprint density at radius 2 is 1.95 bits per heavy atom. The maximum Gasteiger partial charge on any atom is 0.0640 e. The Labute approximate surface area is 118 Å². The van der Waals surface area contributed by atoms with Gasteiger partial charge in [-0.1, -0.05) is 30.3 Å². The van der Waals surface area contributed by atoms with E-state index in [0.717, 1.165) is 12.0 Å². The largest absolute Gasteiger partial charge is 0.395 e. The van der Waals surface area contributed by atoms with Gasteiger partial charge in [0.2, 0.25) is 0 Å². The molecule has 20 heavy (non-hydrogen) atoms. The number of nitrogens with one attached hydrogen (secondary N) is 1. The van der Waals surface area contributed by atoms with Crippen molar-refractivity contribution in [2.45, 2.75) is 25.6 Å². The zero-order chi connectivity index (χ0) is 14.2. The van der Waals surface area contributed by atoms with Crippen molar-refractivity contribution in [2.24, 2.45) is 0 Å². The van der Waals surface area contributed by atoms with Crippen LogP contribution in [0.1, 0.15) is 11.1 Å². The molecule has 108 valence electrons. The van der Waals surface area contributed by atoms with Gasteiger partial charge in [0.05, 0.1) is 26.0 Å². The Morgan fingerprint density at radius 1 is 1.15 bits per heavy atom. The number of nitrogens with zero attached hydrogens (tertiary/aromatic N) is 2. The molecule has 0 amide bonds. The maximum atomic E-state index is 9.44. The van der Waals surface area contributed by atoms with Gasteiger partial charge >= 0.3 is 0 Å². The second-order valence-corrected chi connectivity index (χ2v) is 4.79. The van der Waals surface area contributed by atoms with E-state index < -0.39 is 0 Å². The molecule has 0 radical (unpaired) electrons. The number of rotatable bonds is 8. The number of hydrogen-bond donors (Lipinski definition) is 3. The van der Waals surface area contributed by atoms with Crippen LogP contribution in [-0.4, -0.2) is 39.2 Å². The fourth-order valence-electron chi connectivity index (χ4n) is 2.08. The van der Waals surface area contributed by atoms with Crippen molar-refractivity contribution >= 4 is 0 Å². The Bertz CT molecular complexity index is 499. The quantitative estimate of drug-likeness (QED) is 0.659. The van der Waals surface area contributed by atoms with Gasteiger partial charge in [0.25, 0.3) is 0 Å². The maximum absolute atomic E-state index is 9.44. The second-order valence-electron chi connectivity index (χ2n) is 4.79. The Hall–Kier alpha value is -1.69. The highest BCUT2D eigenvalue weighted by Gasteiger charge is 2.08. The molecule has 0 spiro atoms. The molecule has 0 aliphatic heterocycles. The third kappa shape index (κ3) is 4.45. The summed E-state index contributed by atoms with van der Waals surface area (Å²) in [6.45, 7) is 1.35. The van der Waals surface area contributed by atoms with Crippen LogP contribution in [-0.2, 0) is 19.5 Å². The van der Waals surface area contributed by atoms with E-state index >= 15 is 0 Å². The lowest BCUT2D eigenvalue weighted by molar-refractivity contribution is 0.241. The molecule has 1 atom stereocenters. The summed E-state index contributed by atoms with van der Waals surface area (Å²) >= 11 is 0. The highest BCUT2D eigenvalue weighted by Crippen LogP contribution is 2.04. The van der Waals surface area contributed by atoms with E-state index in [9.17, 15) is 5.11 Å². The molecular weight excluding hydrogens is 254 g/mol. The summed E-state index contributed by atoms with van der Waals surface area (Å²) in [6, 6.07) is 10.1. The summed E-state index contributed by atoms with van der Waals surface area (Å²) in [6.07, 6.45) is 4.47. The Kier molecular flexibility index (Phi) is 5.73. The van der Waals surface area contributed by atoms with E-state index in [-0.39, 0.29) is 19.3 Å². The van der Waals surface area contributed by atoms with Gasteiger partial charge in [-0.25, -0.2) is 0 Å². The summed E-state index contributed by atoms with van der Waals surface area (Å²) in [5, 5.41) is 25.7. The third-order valence-electron chi connectivity index (χ3n) is 3.16. The van der Waals surface area contributed by atoms with Crippen molar-refractivity contribution in [3.63, 3.8) is 0 Å². The first kappa shape index (κ1) is 14.7. The number of benzene rings is 1. The molecule has 1 heterocycles. The molecule has 1 aromatic carbocycles. The molecule has 2 aromatic rings. The van der Waals surface area contributed by atoms with Crippen LogP contribution in [0.5, 0.6) is 0 Å². The molecule has 0 aliphatic carbocycles. The minimum Gasteiger partial charge on any atom is -0.395 e. The monoisotopic (exact) mass is 275 g/mol. The van der Waals surface area contributed by atoms with Crippen LogP contribution in [0.2, 0.25) is 0 Å². The van der Waals surface area contributed by atoms with Crippen LogP contribution >= 0.6 is 0 Å². The van der Waals surface area contributed by atoms with E-state index in [2.05, 4.69) is 22.5 Å². The van der Waals surface area contributed by atoms with Gasteiger partial charge in [-0.3, -0.25) is 4.68 Å². The minimum absolute atomic E-state index is 0.0265. The first-order chi connectivity index (χ1) is 9.81. The minimum atomic E-state index is 0.0265. The van der Waals surface area contributed by atoms with E-state index in [1.165, 1.54) is 5.56 Å². The molecule has 0 fully saturated rings. The molecule has 2 rings (SSSR count). The van der Waals surface area contributed by atoms with Gasteiger partial charge in [0, 0.05) is 24.3 Å². The molecule has 1 aromatic heterocycles. The SMILES string of the molecule is OCCn1cc(CNC(CO)Cc2ccccc2)cn1. The van der Waals surface area contributed by atoms with Crippen molar-refractivity contribution < 1.29 is 10.2 Å². The Balaban J connectivity index is 1.83. The summed E-state index contributed by atoms with van der Waals surface area (Å²) in [7, 11) is 0. The first-order valence-electron chi connectivity index (χ1n) is 6.82. The molecule has 0 saturated carbocycles. The smallest absolute Gasteiger partial charge is 0.0640 e. The lowest BCUT2D eigenvalue weighted by Gasteiger charge is -2.15. The van der Waals surface area contributed by atoms with E-state index in [0.29, 0.717) is 13.1 Å². The fraction of sp³-hybridized carbons (Fsp3) is 0.400. The number of aliphatic hydroxyl groups is 2. The molecule has 5 nitrogen and oxygen atoms in total. The normalized spacial score (nSPS) is 12.5. The Morgan fingerprint density at radius 3 is 2.65 bits per heavy atom.